The average Bonchev–Trinajstić information content (AvgIpc) is 2.41. The van der Waals surface area contributed by atoms with Gasteiger partial charge in [-0.25, -0.2) is 15.0 Å². The van der Waals surface area contributed by atoms with Gasteiger partial charge in [-0.3, -0.25) is 0 Å². The molecule has 0 aliphatic carbocycles. The average molecular weight is 284 g/mol. The maximum Gasteiger partial charge on any atom is 0.178 e. The van der Waals surface area contributed by atoms with E-state index in [1.54, 1.807) is 0 Å². The van der Waals surface area contributed by atoms with E-state index in [4.69, 9.17) is 0 Å². The highest BCUT2D eigenvalue weighted by Gasteiger charge is 2.11. The fourth-order valence-corrected chi connectivity index (χ4v) is 2.37. The predicted molar refractivity (Wildman–Crippen MR) is 86.3 cm³/mol. The normalized spacial score (nSPS) is 11.1. The first-order chi connectivity index (χ1) is 9.97. The molecule has 0 amide bonds. The van der Waals surface area contributed by atoms with E-state index in [0.29, 0.717) is 11.9 Å². The van der Waals surface area contributed by atoms with E-state index in [2.05, 4.69) is 48.0 Å². The van der Waals surface area contributed by atoms with Crippen LogP contribution in [0.1, 0.15) is 36.5 Å². The minimum atomic E-state index is 0.502. The van der Waals surface area contributed by atoms with Gasteiger partial charge in [0.25, 0.3) is 0 Å². The second-order valence-electron chi connectivity index (χ2n) is 5.72. The SMILES string of the molecule is Cc1cccc(-c2nc(C)c(CCNC(C)C)c(C)n2)n1. The molecule has 0 atom stereocenters. The summed E-state index contributed by atoms with van der Waals surface area (Å²) in [6.45, 7) is 11.3. The lowest BCUT2D eigenvalue weighted by atomic mass is 10.1. The van der Waals surface area contributed by atoms with Gasteiger partial charge in [0, 0.05) is 23.1 Å². The molecule has 2 aromatic rings. The third kappa shape index (κ3) is 4.08. The van der Waals surface area contributed by atoms with Gasteiger partial charge in [-0.15, -0.1) is 0 Å². The molecule has 4 heteroatoms. The molecule has 0 unspecified atom stereocenters. The lowest BCUT2D eigenvalue weighted by Gasteiger charge is -2.12. The van der Waals surface area contributed by atoms with Crippen molar-refractivity contribution in [3.05, 3.63) is 40.8 Å². The van der Waals surface area contributed by atoms with Crippen LogP contribution in [0.15, 0.2) is 18.2 Å². The molecule has 112 valence electrons. The molecule has 2 aromatic heterocycles. The zero-order valence-corrected chi connectivity index (χ0v) is 13.6. The molecular formula is C17H24N4. The molecule has 0 aliphatic heterocycles. The molecule has 0 aliphatic rings. The Morgan fingerprint density at radius 3 is 2.24 bits per heavy atom. The Labute approximate surface area is 127 Å². The molecule has 4 nitrogen and oxygen atoms in total. The van der Waals surface area contributed by atoms with Crippen LogP contribution >= 0.6 is 0 Å². The summed E-state index contributed by atoms with van der Waals surface area (Å²) >= 11 is 0. The van der Waals surface area contributed by atoms with E-state index in [1.165, 1.54) is 5.56 Å². The molecule has 0 spiro atoms. The number of hydrogen-bond donors (Lipinski definition) is 1. The van der Waals surface area contributed by atoms with Crippen LogP contribution in [0.5, 0.6) is 0 Å². The Kier molecular flexibility index (Phi) is 5.02. The molecule has 0 saturated carbocycles. The van der Waals surface area contributed by atoms with E-state index in [1.807, 2.05) is 25.1 Å². The first kappa shape index (κ1) is 15.6. The molecule has 0 bridgehead atoms. The summed E-state index contributed by atoms with van der Waals surface area (Å²) in [5, 5.41) is 3.43. The van der Waals surface area contributed by atoms with Crippen LogP contribution in [-0.4, -0.2) is 27.5 Å². The van der Waals surface area contributed by atoms with Crippen molar-refractivity contribution in [2.24, 2.45) is 0 Å². The van der Waals surface area contributed by atoms with Gasteiger partial charge in [-0.1, -0.05) is 19.9 Å². The zero-order chi connectivity index (χ0) is 15.4. The van der Waals surface area contributed by atoms with Gasteiger partial charge in [0.15, 0.2) is 5.82 Å². The summed E-state index contributed by atoms with van der Waals surface area (Å²) in [6, 6.07) is 6.44. The standard InChI is InChI=1S/C17H24N4/c1-11(2)18-10-9-15-13(4)20-17(21-14(15)5)16-8-6-7-12(3)19-16/h6-8,11,18H,9-10H2,1-5H3. The predicted octanol–water partition coefficient (Wildman–Crippen LogP) is 3.00. The first-order valence-electron chi connectivity index (χ1n) is 7.49. The van der Waals surface area contributed by atoms with Gasteiger partial charge >= 0.3 is 0 Å². The van der Waals surface area contributed by atoms with Gasteiger partial charge in [0.05, 0.1) is 0 Å². The fraction of sp³-hybridized carbons (Fsp3) is 0.471. The molecule has 0 aromatic carbocycles. The van der Waals surface area contributed by atoms with Crippen molar-refractivity contribution in [1.82, 2.24) is 20.3 Å². The number of hydrogen-bond acceptors (Lipinski definition) is 4. The van der Waals surface area contributed by atoms with Crippen molar-refractivity contribution in [2.75, 3.05) is 6.54 Å². The van der Waals surface area contributed by atoms with Gasteiger partial charge in [-0.2, -0.15) is 0 Å². The molecule has 0 fully saturated rings. The lowest BCUT2D eigenvalue weighted by Crippen LogP contribution is -2.25. The fourth-order valence-electron chi connectivity index (χ4n) is 2.37. The van der Waals surface area contributed by atoms with E-state index in [0.717, 1.165) is 35.7 Å². The van der Waals surface area contributed by atoms with Crippen LogP contribution < -0.4 is 5.32 Å². The van der Waals surface area contributed by atoms with E-state index in [9.17, 15) is 0 Å². The summed E-state index contributed by atoms with van der Waals surface area (Å²) in [5.74, 6) is 0.717. The van der Waals surface area contributed by atoms with Crippen molar-refractivity contribution in [1.29, 1.82) is 0 Å². The monoisotopic (exact) mass is 284 g/mol. The number of aromatic nitrogens is 3. The third-order valence-corrected chi connectivity index (χ3v) is 3.47. The topological polar surface area (TPSA) is 50.7 Å². The minimum Gasteiger partial charge on any atom is -0.314 e. The summed E-state index contributed by atoms with van der Waals surface area (Å²) in [5.41, 5.74) is 5.15. The molecule has 0 radical (unpaired) electrons. The maximum atomic E-state index is 4.64. The summed E-state index contributed by atoms with van der Waals surface area (Å²) in [6.07, 6.45) is 0.956. The maximum absolute atomic E-state index is 4.64. The summed E-state index contributed by atoms with van der Waals surface area (Å²) in [4.78, 5) is 13.8. The van der Waals surface area contributed by atoms with Crippen LogP contribution in [0.4, 0.5) is 0 Å². The van der Waals surface area contributed by atoms with Gasteiger partial charge in [0.1, 0.15) is 5.69 Å². The summed E-state index contributed by atoms with van der Waals surface area (Å²) in [7, 11) is 0. The quantitative estimate of drug-likeness (QED) is 0.917. The van der Waals surface area contributed by atoms with Crippen molar-refractivity contribution in [3.8, 4) is 11.5 Å². The third-order valence-electron chi connectivity index (χ3n) is 3.47. The van der Waals surface area contributed by atoms with Crippen molar-refractivity contribution >= 4 is 0 Å². The van der Waals surface area contributed by atoms with Crippen molar-refractivity contribution in [3.63, 3.8) is 0 Å². The number of nitrogens with one attached hydrogen (secondary N) is 1. The highest BCUT2D eigenvalue weighted by atomic mass is 14.9. The van der Waals surface area contributed by atoms with Gasteiger partial charge in [0.2, 0.25) is 0 Å². The minimum absolute atomic E-state index is 0.502. The summed E-state index contributed by atoms with van der Waals surface area (Å²) < 4.78 is 0. The van der Waals surface area contributed by atoms with Gasteiger partial charge < -0.3 is 5.32 Å². The zero-order valence-electron chi connectivity index (χ0n) is 13.6. The van der Waals surface area contributed by atoms with Crippen LogP contribution in [0, 0.1) is 20.8 Å². The van der Waals surface area contributed by atoms with Crippen LogP contribution in [0.2, 0.25) is 0 Å². The van der Waals surface area contributed by atoms with Crippen LogP contribution in [0.25, 0.3) is 11.5 Å². The van der Waals surface area contributed by atoms with Gasteiger partial charge in [-0.05, 0) is 51.4 Å². The van der Waals surface area contributed by atoms with E-state index < -0.39 is 0 Å². The Morgan fingerprint density at radius 1 is 1.00 bits per heavy atom. The molecule has 2 heterocycles. The second-order valence-corrected chi connectivity index (χ2v) is 5.72. The largest absolute Gasteiger partial charge is 0.314 e. The highest BCUT2D eigenvalue weighted by molar-refractivity contribution is 5.50. The van der Waals surface area contributed by atoms with Crippen LogP contribution in [-0.2, 0) is 6.42 Å². The molecule has 21 heavy (non-hydrogen) atoms. The Balaban J connectivity index is 2.24. The highest BCUT2D eigenvalue weighted by Crippen LogP contribution is 2.17. The molecule has 2 rings (SSSR count). The Morgan fingerprint density at radius 2 is 1.67 bits per heavy atom. The molecular weight excluding hydrogens is 260 g/mol. The molecule has 0 saturated heterocycles. The van der Waals surface area contributed by atoms with Crippen molar-refractivity contribution in [2.45, 2.75) is 47.1 Å². The molecule has 1 N–H and O–H groups in total. The Hall–Kier alpha value is -1.81. The number of rotatable bonds is 5. The lowest BCUT2D eigenvalue weighted by molar-refractivity contribution is 0.588. The Bertz CT molecular complexity index is 597. The van der Waals surface area contributed by atoms with E-state index >= 15 is 0 Å². The number of aryl methyl sites for hydroxylation is 3. The number of pyridine rings is 1. The van der Waals surface area contributed by atoms with Crippen LogP contribution in [0.3, 0.4) is 0 Å². The van der Waals surface area contributed by atoms with Crippen molar-refractivity contribution < 1.29 is 0 Å². The smallest absolute Gasteiger partial charge is 0.178 e. The first-order valence-corrected chi connectivity index (χ1v) is 7.49. The number of nitrogens with zero attached hydrogens (tertiary/aromatic N) is 3. The van der Waals surface area contributed by atoms with E-state index in [-0.39, 0.29) is 0 Å². The second kappa shape index (κ2) is 6.76.